The van der Waals surface area contributed by atoms with Gasteiger partial charge in [-0.05, 0) is 55.0 Å². The highest BCUT2D eigenvalue weighted by atomic mass is 19.4. The van der Waals surface area contributed by atoms with Crippen molar-refractivity contribution >= 4 is 12.0 Å². The van der Waals surface area contributed by atoms with E-state index in [1.807, 2.05) is 18.2 Å². The Morgan fingerprint density at radius 3 is 2.46 bits per heavy atom. The number of nitrogens with one attached hydrogen (secondary N) is 1. The number of nitrogens with zero attached hydrogens (tertiary/aromatic N) is 1. The number of amides is 1. The molecule has 0 radical (unpaired) electrons. The molecular formula is C32H40F3N2O4+. The van der Waals surface area contributed by atoms with Crippen LogP contribution in [0.15, 0.2) is 60.4 Å². The Morgan fingerprint density at radius 1 is 1.07 bits per heavy atom. The van der Waals surface area contributed by atoms with E-state index >= 15 is 0 Å². The quantitative estimate of drug-likeness (QED) is 0.221. The van der Waals surface area contributed by atoms with Crippen molar-refractivity contribution in [1.82, 2.24) is 5.32 Å². The van der Waals surface area contributed by atoms with Gasteiger partial charge in [0.15, 0.2) is 11.9 Å². The summed E-state index contributed by atoms with van der Waals surface area (Å²) in [4.78, 5) is 13.7. The Balaban J connectivity index is 1.55. The third-order valence-electron chi connectivity index (χ3n) is 9.45. The SMILES string of the molecule is COc1cccc(C23CCCCC2(OC)C[N@@+](C)(CC2CC2)[C@H](NC(=O)C(=Cc2ccccc2)OC(F)(F)F)C3)c1. The second-order valence-corrected chi connectivity index (χ2v) is 12.1. The third-order valence-corrected chi connectivity index (χ3v) is 9.45. The number of benzene rings is 2. The van der Waals surface area contributed by atoms with Crippen LogP contribution < -0.4 is 10.1 Å². The van der Waals surface area contributed by atoms with E-state index in [0.717, 1.165) is 62.5 Å². The van der Waals surface area contributed by atoms with Crippen LogP contribution in [0.4, 0.5) is 13.2 Å². The van der Waals surface area contributed by atoms with E-state index in [2.05, 4.69) is 23.2 Å². The van der Waals surface area contributed by atoms with Crippen LogP contribution in [-0.2, 0) is 19.7 Å². The molecule has 1 N–H and O–H groups in total. The van der Waals surface area contributed by atoms with Gasteiger partial charge in [0.2, 0.25) is 0 Å². The summed E-state index contributed by atoms with van der Waals surface area (Å²) in [5.74, 6) is -0.394. The second-order valence-electron chi connectivity index (χ2n) is 12.1. The van der Waals surface area contributed by atoms with Crippen molar-refractivity contribution in [3.8, 4) is 5.75 Å². The van der Waals surface area contributed by atoms with Crippen molar-refractivity contribution in [2.24, 2.45) is 5.92 Å². The van der Waals surface area contributed by atoms with Crippen LogP contribution in [0.3, 0.4) is 0 Å². The van der Waals surface area contributed by atoms with Gasteiger partial charge in [0.05, 0.1) is 20.7 Å². The normalized spacial score (nSPS) is 30.3. The Kier molecular flexibility index (Phi) is 8.14. The Labute approximate surface area is 240 Å². The molecule has 1 aliphatic heterocycles. The standard InChI is InChI=1S/C32H39F3N2O4/c1-37(21-24-14-15-24)22-31(40-3)17-8-7-16-30(31,25-12-9-13-26(19-25)39-2)20-28(37)36-29(38)27(41-32(33,34)35)18-23-10-5-4-6-11-23/h4-6,9-13,18-19,24,28H,7-8,14-17,20-22H2,1-3H3/p+1/t28-,30?,31?,37+/m0/s1. The summed E-state index contributed by atoms with van der Waals surface area (Å²) in [6.07, 6.45) is 2.18. The van der Waals surface area contributed by atoms with Gasteiger partial charge >= 0.3 is 6.36 Å². The number of carbonyl (C=O) groups excluding carboxylic acids is 1. The molecule has 2 aromatic carbocycles. The molecule has 0 spiro atoms. The van der Waals surface area contributed by atoms with E-state index in [0.29, 0.717) is 28.9 Å². The fourth-order valence-corrected chi connectivity index (χ4v) is 7.35. The molecule has 1 saturated heterocycles. The first-order valence-electron chi connectivity index (χ1n) is 14.4. The summed E-state index contributed by atoms with van der Waals surface area (Å²) in [6.45, 7) is 1.46. The molecule has 3 fully saturated rings. The van der Waals surface area contributed by atoms with Crippen LogP contribution in [0.25, 0.3) is 6.08 Å². The van der Waals surface area contributed by atoms with Crippen LogP contribution in [0.2, 0.25) is 0 Å². The number of likely N-dealkylation sites (N-methyl/N-ethyl adjacent to an activating group) is 1. The number of rotatable bonds is 9. The molecule has 2 unspecified atom stereocenters. The molecule has 9 heteroatoms. The van der Waals surface area contributed by atoms with E-state index in [9.17, 15) is 18.0 Å². The number of halogens is 3. The Morgan fingerprint density at radius 2 is 1.80 bits per heavy atom. The van der Waals surface area contributed by atoms with Crippen molar-refractivity contribution < 1.29 is 36.7 Å². The first-order valence-corrected chi connectivity index (χ1v) is 14.4. The zero-order valence-corrected chi connectivity index (χ0v) is 24.0. The summed E-state index contributed by atoms with van der Waals surface area (Å²) in [5.41, 5.74) is 0.566. The summed E-state index contributed by atoms with van der Waals surface area (Å²) < 4.78 is 57.3. The molecule has 0 aromatic heterocycles. The van der Waals surface area contributed by atoms with Crippen molar-refractivity contribution in [3.63, 3.8) is 0 Å². The molecule has 222 valence electrons. The highest BCUT2D eigenvalue weighted by Crippen LogP contribution is 2.56. The average molecular weight is 574 g/mol. The Bertz CT molecular complexity index is 1270. The highest BCUT2D eigenvalue weighted by Gasteiger charge is 2.65. The topological polar surface area (TPSA) is 56.8 Å². The lowest BCUT2D eigenvalue weighted by Crippen LogP contribution is -2.76. The third kappa shape index (κ3) is 6.11. The van der Waals surface area contributed by atoms with Gasteiger partial charge in [-0.1, -0.05) is 55.3 Å². The number of alkyl halides is 3. The number of ether oxygens (including phenoxy) is 3. The van der Waals surface area contributed by atoms with Gasteiger partial charge in [0.1, 0.15) is 17.9 Å². The molecule has 0 bridgehead atoms. The molecule has 1 amide bonds. The summed E-state index contributed by atoms with van der Waals surface area (Å²) in [6, 6.07) is 16.4. The van der Waals surface area contributed by atoms with Crippen LogP contribution in [0.1, 0.15) is 56.1 Å². The van der Waals surface area contributed by atoms with E-state index in [-0.39, 0.29) is 0 Å². The van der Waals surface area contributed by atoms with E-state index in [1.54, 1.807) is 44.6 Å². The summed E-state index contributed by atoms with van der Waals surface area (Å²) in [5, 5.41) is 3.04. The molecule has 1 heterocycles. The first-order chi connectivity index (χ1) is 19.5. The molecule has 6 nitrogen and oxygen atoms in total. The molecule has 3 aliphatic rings. The minimum absolute atomic E-state index is 0.444. The van der Waals surface area contributed by atoms with Crippen molar-refractivity contribution in [2.45, 2.75) is 68.5 Å². The second kappa shape index (κ2) is 11.3. The lowest BCUT2D eigenvalue weighted by molar-refractivity contribution is -0.951. The average Bonchev–Trinajstić information content (AvgIpc) is 3.76. The zero-order chi connectivity index (χ0) is 29.3. The maximum absolute atomic E-state index is 13.7. The van der Waals surface area contributed by atoms with Crippen LogP contribution in [-0.4, -0.2) is 62.9 Å². The molecule has 2 saturated carbocycles. The zero-order valence-electron chi connectivity index (χ0n) is 24.0. The van der Waals surface area contributed by atoms with E-state index in [4.69, 9.17) is 9.47 Å². The molecule has 5 rings (SSSR count). The minimum Gasteiger partial charge on any atom is -0.497 e. The van der Waals surface area contributed by atoms with Gasteiger partial charge in [-0.25, -0.2) is 0 Å². The van der Waals surface area contributed by atoms with Gasteiger partial charge in [0.25, 0.3) is 5.91 Å². The molecule has 4 atom stereocenters. The highest BCUT2D eigenvalue weighted by molar-refractivity contribution is 5.96. The minimum atomic E-state index is -5.01. The smallest absolute Gasteiger partial charge is 0.497 e. The maximum Gasteiger partial charge on any atom is 0.573 e. The Hall–Kier alpha value is -3.04. The fraction of sp³-hybridized carbons (Fsp3) is 0.531. The largest absolute Gasteiger partial charge is 0.573 e. The van der Waals surface area contributed by atoms with Gasteiger partial charge in [-0.3, -0.25) is 10.1 Å². The van der Waals surface area contributed by atoms with E-state index in [1.165, 1.54) is 0 Å². The van der Waals surface area contributed by atoms with Crippen molar-refractivity contribution in [3.05, 3.63) is 71.5 Å². The lowest BCUT2D eigenvalue weighted by atomic mass is 9.55. The number of methoxy groups -OCH3 is 2. The van der Waals surface area contributed by atoms with Crippen LogP contribution >= 0.6 is 0 Å². The van der Waals surface area contributed by atoms with E-state index < -0.39 is 35.2 Å². The van der Waals surface area contributed by atoms with Crippen molar-refractivity contribution in [2.75, 3.05) is 34.4 Å². The fourth-order valence-electron chi connectivity index (χ4n) is 7.35. The van der Waals surface area contributed by atoms with Crippen LogP contribution in [0, 0.1) is 5.92 Å². The number of piperidine rings is 1. The predicted octanol–water partition coefficient (Wildman–Crippen LogP) is 6.17. The van der Waals surface area contributed by atoms with Gasteiger partial charge in [0, 0.05) is 24.9 Å². The number of carbonyl (C=O) groups is 1. The maximum atomic E-state index is 13.7. The summed E-state index contributed by atoms with van der Waals surface area (Å²) in [7, 11) is 5.52. The number of quaternary nitrogens is 1. The van der Waals surface area contributed by atoms with Crippen molar-refractivity contribution in [1.29, 1.82) is 0 Å². The number of likely N-dealkylation sites (tertiary alicyclic amines) is 1. The number of hydrogen-bond donors (Lipinski definition) is 1. The van der Waals surface area contributed by atoms with Gasteiger partial charge < -0.3 is 18.7 Å². The molecular weight excluding hydrogens is 533 g/mol. The predicted molar refractivity (Wildman–Crippen MR) is 150 cm³/mol. The monoisotopic (exact) mass is 573 g/mol. The lowest BCUT2D eigenvalue weighted by Gasteiger charge is -2.62. The van der Waals surface area contributed by atoms with Crippen LogP contribution in [0.5, 0.6) is 5.75 Å². The molecule has 2 aromatic rings. The first kappa shape index (κ1) is 29.5. The number of hydrogen-bond acceptors (Lipinski definition) is 4. The summed E-state index contributed by atoms with van der Waals surface area (Å²) >= 11 is 0. The number of fused-ring (bicyclic) bond motifs is 1. The molecule has 2 aliphatic carbocycles. The molecule has 41 heavy (non-hydrogen) atoms. The van der Waals surface area contributed by atoms with Gasteiger partial charge in [-0.2, -0.15) is 0 Å². The van der Waals surface area contributed by atoms with Gasteiger partial charge in [-0.15, -0.1) is 13.2 Å².